The van der Waals surface area contributed by atoms with Crippen molar-refractivity contribution in [2.45, 2.75) is 45.4 Å². The number of carbonyl (C=O) groups excluding carboxylic acids is 2. The number of nitrogens with zero attached hydrogens (tertiary/aromatic N) is 1. The number of unbranched alkanes of at least 4 members (excludes halogenated alkanes) is 3. The first-order valence-corrected chi connectivity index (χ1v) is 10.4. The Morgan fingerprint density at radius 3 is 2.69 bits per heavy atom. The van der Waals surface area contributed by atoms with Crippen molar-refractivity contribution >= 4 is 46.2 Å². The van der Waals surface area contributed by atoms with Crippen LogP contribution in [0, 0.1) is 0 Å². The predicted molar refractivity (Wildman–Crippen MR) is 113 cm³/mol. The van der Waals surface area contributed by atoms with Crippen LogP contribution in [0.1, 0.15) is 51.0 Å². The Bertz CT molecular complexity index is 659. The second kappa shape index (κ2) is 11.1. The van der Waals surface area contributed by atoms with Crippen molar-refractivity contribution in [3.05, 3.63) is 40.8 Å². The number of hydrogen-bond donors (Lipinski definition) is 1. The maximum Gasteiger partial charge on any atom is 0.266 e. The maximum absolute atomic E-state index is 12.5. The molecule has 1 saturated heterocycles. The molecular formula is C20H26N2O2S2. The van der Waals surface area contributed by atoms with Crippen LogP contribution in [0.5, 0.6) is 0 Å². The Morgan fingerprint density at radius 1 is 1.19 bits per heavy atom. The molecule has 2 rings (SSSR count). The summed E-state index contributed by atoms with van der Waals surface area (Å²) in [6.45, 7) is 3.49. The van der Waals surface area contributed by atoms with Crippen molar-refractivity contribution in [2.75, 3.05) is 13.1 Å². The number of thioether (sulfide) groups is 1. The molecule has 0 bridgehead atoms. The number of nitrogens with one attached hydrogen (secondary N) is 1. The normalized spacial score (nSPS) is 15.7. The van der Waals surface area contributed by atoms with E-state index in [0.29, 0.717) is 22.2 Å². The molecule has 0 spiro atoms. The van der Waals surface area contributed by atoms with Crippen LogP contribution in [0.15, 0.2) is 35.2 Å². The van der Waals surface area contributed by atoms with E-state index in [1.807, 2.05) is 36.4 Å². The average Bonchev–Trinajstić information content (AvgIpc) is 2.89. The van der Waals surface area contributed by atoms with Crippen LogP contribution in [-0.4, -0.2) is 34.1 Å². The summed E-state index contributed by atoms with van der Waals surface area (Å²) >= 11 is 6.71. The molecule has 1 N–H and O–H groups in total. The molecule has 4 nitrogen and oxygen atoms in total. The average molecular weight is 391 g/mol. The minimum absolute atomic E-state index is 0.0128. The highest BCUT2D eigenvalue weighted by molar-refractivity contribution is 8.26. The van der Waals surface area contributed by atoms with Crippen molar-refractivity contribution in [3.8, 4) is 0 Å². The molecule has 0 saturated carbocycles. The van der Waals surface area contributed by atoms with Crippen molar-refractivity contribution in [2.24, 2.45) is 0 Å². The number of carbonyl (C=O) groups is 2. The van der Waals surface area contributed by atoms with Crippen LogP contribution in [0.25, 0.3) is 6.08 Å². The van der Waals surface area contributed by atoms with E-state index in [1.165, 1.54) is 11.8 Å². The molecule has 1 aliphatic rings. The molecule has 0 aromatic heterocycles. The molecule has 140 valence electrons. The van der Waals surface area contributed by atoms with E-state index < -0.39 is 0 Å². The Hall–Kier alpha value is -1.66. The van der Waals surface area contributed by atoms with Crippen molar-refractivity contribution in [1.29, 1.82) is 0 Å². The summed E-state index contributed by atoms with van der Waals surface area (Å²) < 4.78 is 0.620. The molecule has 1 fully saturated rings. The number of amides is 2. The van der Waals surface area contributed by atoms with E-state index in [2.05, 4.69) is 12.2 Å². The number of benzene rings is 1. The van der Waals surface area contributed by atoms with Crippen LogP contribution in [-0.2, 0) is 9.59 Å². The van der Waals surface area contributed by atoms with Gasteiger partial charge in [0.25, 0.3) is 5.91 Å². The molecular weight excluding hydrogens is 364 g/mol. The number of hydrogen-bond acceptors (Lipinski definition) is 4. The summed E-state index contributed by atoms with van der Waals surface area (Å²) in [5.74, 6) is 0.107. The van der Waals surface area contributed by atoms with Gasteiger partial charge in [-0.05, 0) is 30.9 Å². The molecule has 1 aliphatic heterocycles. The molecule has 1 aromatic carbocycles. The first-order valence-electron chi connectivity index (χ1n) is 9.19. The van der Waals surface area contributed by atoms with Gasteiger partial charge in [0.15, 0.2) is 0 Å². The second-order valence-electron chi connectivity index (χ2n) is 6.26. The van der Waals surface area contributed by atoms with Gasteiger partial charge in [0, 0.05) is 19.5 Å². The summed E-state index contributed by atoms with van der Waals surface area (Å²) in [4.78, 5) is 26.5. The highest BCUT2D eigenvalue weighted by Crippen LogP contribution is 2.32. The number of rotatable bonds is 10. The minimum Gasteiger partial charge on any atom is -0.356 e. The third-order valence-corrected chi connectivity index (χ3v) is 5.49. The summed E-state index contributed by atoms with van der Waals surface area (Å²) in [5.41, 5.74) is 1.00. The molecule has 0 aliphatic carbocycles. The lowest BCUT2D eigenvalue weighted by Crippen LogP contribution is -2.29. The maximum atomic E-state index is 12.5. The lowest BCUT2D eigenvalue weighted by Gasteiger charge is -2.14. The second-order valence-corrected chi connectivity index (χ2v) is 7.93. The van der Waals surface area contributed by atoms with E-state index in [1.54, 1.807) is 4.90 Å². The molecule has 1 heterocycles. The Kier molecular flexibility index (Phi) is 8.85. The van der Waals surface area contributed by atoms with E-state index in [0.717, 1.165) is 44.2 Å². The van der Waals surface area contributed by atoms with Crippen LogP contribution in [0.2, 0.25) is 0 Å². The Labute approximate surface area is 165 Å². The predicted octanol–water partition coefficient (Wildman–Crippen LogP) is 4.36. The lowest BCUT2D eigenvalue weighted by atomic mass is 10.1. The Morgan fingerprint density at radius 2 is 1.96 bits per heavy atom. The van der Waals surface area contributed by atoms with Gasteiger partial charge in [-0.3, -0.25) is 14.5 Å². The van der Waals surface area contributed by atoms with Crippen molar-refractivity contribution in [1.82, 2.24) is 10.2 Å². The van der Waals surface area contributed by atoms with Crippen LogP contribution >= 0.6 is 24.0 Å². The topological polar surface area (TPSA) is 49.4 Å². The standard InChI is InChI=1S/C20H26N2O2S2/c1-2-3-13-21-18(23)12-8-5-9-14-22-19(24)17(26-20(22)25)15-16-10-6-4-7-11-16/h4,6-7,10-11,15H,2-3,5,8-9,12-14H2,1H3,(H,21,23)/b17-15+. The van der Waals surface area contributed by atoms with E-state index in [9.17, 15) is 9.59 Å². The SMILES string of the molecule is CCCCNC(=O)CCCCCN1C(=O)/C(=C\c2ccccc2)SC1=S. The molecule has 1 aromatic rings. The molecule has 6 heteroatoms. The van der Waals surface area contributed by atoms with Gasteiger partial charge in [-0.1, -0.05) is 74.1 Å². The summed E-state index contributed by atoms with van der Waals surface area (Å²) in [7, 11) is 0. The van der Waals surface area contributed by atoms with Crippen LogP contribution in [0.4, 0.5) is 0 Å². The van der Waals surface area contributed by atoms with Crippen LogP contribution < -0.4 is 5.32 Å². The third-order valence-electron chi connectivity index (χ3n) is 4.11. The zero-order chi connectivity index (χ0) is 18.8. The minimum atomic E-state index is -0.0128. The quantitative estimate of drug-likeness (QED) is 0.366. The van der Waals surface area contributed by atoms with Crippen LogP contribution in [0.3, 0.4) is 0 Å². The monoisotopic (exact) mass is 390 g/mol. The van der Waals surface area contributed by atoms with Gasteiger partial charge in [0.05, 0.1) is 4.91 Å². The third kappa shape index (κ3) is 6.57. The fourth-order valence-corrected chi connectivity index (χ4v) is 3.93. The highest BCUT2D eigenvalue weighted by atomic mass is 32.2. The van der Waals surface area contributed by atoms with Gasteiger partial charge in [0.2, 0.25) is 5.91 Å². The van der Waals surface area contributed by atoms with Gasteiger partial charge in [0.1, 0.15) is 4.32 Å². The van der Waals surface area contributed by atoms with Crippen molar-refractivity contribution < 1.29 is 9.59 Å². The fourth-order valence-electron chi connectivity index (χ4n) is 2.62. The fraction of sp³-hybridized carbons (Fsp3) is 0.450. The van der Waals surface area contributed by atoms with Gasteiger partial charge in [-0.2, -0.15) is 0 Å². The van der Waals surface area contributed by atoms with Gasteiger partial charge < -0.3 is 5.32 Å². The largest absolute Gasteiger partial charge is 0.356 e. The van der Waals surface area contributed by atoms with E-state index in [4.69, 9.17) is 12.2 Å². The molecule has 0 atom stereocenters. The van der Waals surface area contributed by atoms with E-state index in [-0.39, 0.29) is 11.8 Å². The lowest BCUT2D eigenvalue weighted by molar-refractivity contribution is -0.122. The zero-order valence-electron chi connectivity index (χ0n) is 15.2. The van der Waals surface area contributed by atoms with Gasteiger partial charge in [-0.25, -0.2) is 0 Å². The summed E-state index contributed by atoms with van der Waals surface area (Å²) in [6.07, 6.45) is 7.16. The number of thiocarbonyl (C=S) groups is 1. The summed E-state index contributed by atoms with van der Waals surface area (Å²) in [5, 5.41) is 2.92. The molecule has 0 unspecified atom stereocenters. The smallest absolute Gasteiger partial charge is 0.266 e. The zero-order valence-corrected chi connectivity index (χ0v) is 16.8. The Balaban J connectivity index is 1.71. The molecule has 0 radical (unpaired) electrons. The first kappa shape index (κ1) is 20.6. The van der Waals surface area contributed by atoms with Gasteiger partial charge >= 0.3 is 0 Å². The summed E-state index contributed by atoms with van der Waals surface area (Å²) in [6, 6.07) is 9.79. The van der Waals surface area contributed by atoms with Crippen molar-refractivity contribution in [3.63, 3.8) is 0 Å². The molecule has 2 amide bonds. The molecule has 26 heavy (non-hydrogen) atoms. The van der Waals surface area contributed by atoms with E-state index >= 15 is 0 Å². The highest BCUT2D eigenvalue weighted by Gasteiger charge is 2.31. The first-order chi connectivity index (χ1) is 12.6. The van der Waals surface area contributed by atoms with Gasteiger partial charge in [-0.15, -0.1) is 0 Å².